The summed E-state index contributed by atoms with van der Waals surface area (Å²) in [5.41, 5.74) is 10.3. The molecule has 10 nitrogen and oxygen atoms in total. The van der Waals surface area contributed by atoms with E-state index in [9.17, 15) is 9.59 Å². The number of ether oxygens (including phenoxy) is 1. The van der Waals surface area contributed by atoms with E-state index in [1.165, 1.54) is 0 Å². The molecule has 0 spiro atoms. The number of aliphatic hydroxyl groups is 4. The molecular weight excluding hydrogens is 288 g/mol. The highest BCUT2D eigenvalue weighted by atomic mass is 16.6. The molecule has 0 saturated carbocycles. The van der Waals surface area contributed by atoms with Gasteiger partial charge in [-0.15, -0.1) is 0 Å². The molecule has 10 heteroatoms. The third kappa shape index (κ3) is 5.95. The van der Waals surface area contributed by atoms with E-state index in [-0.39, 0.29) is 0 Å². The second-order valence-electron chi connectivity index (χ2n) is 4.19. The first-order valence-electron chi connectivity index (χ1n) is 6.06. The summed E-state index contributed by atoms with van der Waals surface area (Å²) in [5.74, 6) is -3.73. The number of carbonyl (C=O) groups excluding carboxylic acids is 1. The molecule has 21 heavy (non-hydrogen) atoms. The second kappa shape index (κ2) is 9.13. The van der Waals surface area contributed by atoms with Gasteiger partial charge in [0.05, 0.1) is 6.61 Å². The number of hydrogen-bond donors (Lipinski definition) is 7. The quantitative estimate of drug-likeness (QED) is 0.263. The van der Waals surface area contributed by atoms with Crippen LogP contribution in [-0.2, 0) is 14.3 Å². The van der Waals surface area contributed by atoms with Crippen LogP contribution in [0.1, 0.15) is 12.8 Å². The largest absolute Gasteiger partial charge is 0.505 e. The van der Waals surface area contributed by atoms with E-state index in [1.807, 2.05) is 0 Å². The summed E-state index contributed by atoms with van der Waals surface area (Å²) in [5, 5.41) is 43.3. The number of carboxylic acid groups (broad SMARTS) is 1. The summed E-state index contributed by atoms with van der Waals surface area (Å²) in [6, 6.07) is -0.742. The molecule has 0 amide bonds. The first-order valence-corrected chi connectivity index (χ1v) is 6.06. The van der Waals surface area contributed by atoms with Crippen molar-refractivity contribution in [2.24, 2.45) is 11.5 Å². The van der Waals surface area contributed by atoms with E-state index >= 15 is 0 Å². The molecule has 0 fully saturated rings. The highest BCUT2D eigenvalue weighted by molar-refractivity contribution is 5.89. The van der Waals surface area contributed by atoms with Crippen LogP contribution in [0.2, 0.25) is 0 Å². The molecule has 0 bridgehead atoms. The normalized spacial score (nSPS) is 20.4. The second-order valence-corrected chi connectivity index (χ2v) is 4.19. The van der Waals surface area contributed by atoms with E-state index in [1.54, 1.807) is 0 Å². The zero-order valence-corrected chi connectivity index (χ0v) is 11.2. The van der Waals surface area contributed by atoms with Gasteiger partial charge in [-0.25, -0.2) is 4.79 Å². The Morgan fingerprint density at radius 2 is 1.95 bits per heavy atom. The minimum atomic E-state index is -1.42. The van der Waals surface area contributed by atoms with Gasteiger partial charge in [-0.3, -0.25) is 4.79 Å². The fraction of sp³-hybridized carbons (Fsp3) is 0.636. The zero-order chi connectivity index (χ0) is 16.6. The lowest BCUT2D eigenvalue weighted by Gasteiger charge is -2.13. The summed E-state index contributed by atoms with van der Waals surface area (Å²) in [7, 11) is 0. The summed E-state index contributed by atoms with van der Waals surface area (Å²) in [6.45, 7) is -0.170. The lowest BCUT2D eigenvalue weighted by Crippen LogP contribution is -2.31. The van der Waals surface area contributed by atoms with Crippen molar-refractivity contribution in [3.63, 3.8) is 0 Å². The molecule has 0 saturated heterocycles. The molecule has 0 radical (unpaired) electrons. The number of rotatable bonds is 6. The maximum atomic E-state index is 10.5. The number of esters is 1. The van der Waals surface area contributed by atoms with Crippen molar-refractivity contribution in [3.8, 4) is 0 Å². The standard InChI is InChI=1S/C6H8O6.C5H12N2O2/c7-1-2(8)5-3(9)4(10)6(11)12-5;6-3-1-2-4(7)5(8)9/h2,5,7-10H,1H2;4H,1-3,6-7H2,(H,8,9)/t2-,5+;4-/m00/s1. The van der Waals surface area contributed by atoms with Crippen LogP contribution in [-0.4, -0.2) is 68.9 Å². The molecule has 9 N–H and O–H groups in total. The number of carboxylic acids is 1. The number of aliphatic hydroxyl groups excluding tert-OH is 4. The van der Waals surface area contributed by atoms with Gasteiger partial charge >= 0.3 is 11.9 Å². The Morgan fingerprint density at radius 3 is 2.29 bits per heavy atom. The molecule has 1 rings (SSSR count). The summed E-state index contributed by atoms with van der Waals surface area (Å²) in [6.07, 6.45) is -1.64. The van der Waals surface area contributed by atoms with Crippen molar-refractivity contribution in [1.82, 2.24) is 0 Å². The molecule has 122 valence electrons. The van der Waals surface area contributed by atoms with Crippen molar-refractivity contribution >= 4 is 11.9 Å². The van der Waals surface area contributed by atoms with E-state index in [0.29, 0.717) is 19.4 Å². The van der Waals surface area contributed by atoms with Gasteiger partial charge in [-0.2, -0.15) is 0 Å². The van der Waals surface area contributed by atoms with Crippen molar-refractivity contribution in [3.05, 3.63) is 11.5 Å². The molecule has 0 aromatic rings. The third-order valence-corrected chi connectivity index (χ3v) is 2.51. The minimum Gasteiger partial charge on any atom is -0.505 e. The molecule has 3 atom stereocenters. The van der Waals surface area contributed by atoms with E-state index in [0.717, 1.165) is 0 Å². The molecule has 0 unspecified atom stereocenters. The lowest BCUT2D eigenvalue weighted by atomic mass is 10.2. The van der Waals surface area contributed by atoms with E-state index in [2.05, 4.69) is 4.74 Å². The van der Waals surface area contributed by atoms with Crippen molar-refractivity contribution in [2.75, 3.05) is 13.2 Å². The predicted octanol–water partition coefficient (Wildman–Crippen LogP) is -2.27. The topological polar surface area (TPSA) is 197 Å². The molecule has 1 aliphatic rings. The number of nitrogens with two attached hydrogens (primary N) is 2. The highest BCUT2D eigenvalue weighted by Gasteiger charge is 2.38. The van der Waals surface area contributed by atoms with Gasteiger partial charge in [0, 0.05) is 0 Å². The fourth-order valence-corrected chi connectivity index (χ4v) is 1.28. The Bertz CT molecular complexity index is 398. The number of aliphatic carboxylic acids is 1. The monoisotopic (exact) mass is 308 g/mol. The number of hydrogen-bond acceptors (Lipinski definition) is 9. The average Bonchev–Trinajstić information content (AvgIpc) is 2.72. The summed E-state index contributed by atoms with van der Waals surface area (Å²) < 4.78 is 4.32. The average molecular weight is 308 g/mol. The lowest BCUT2D eigenvalue weighted by molar-refractivity contribution is -0.147. The Hall–Kier alpha value is -1.88. The van der Waals surface area contributed by atoms with E-state index in [4.69, 9.17) is 37.0 Å². The summed E-state index contributed by atoms with van der Waals surface area (Å²) >= 11 is 0. The smallest absolute Gasteiger partial charge is 0.377 e. The van der Waals surface area contributed by atoms with Crippen molar-refractivity contribution in [1.29, 1.82) is 0 Å². The fourth-order valence-electron chi connectivity index (χ4n) is 1.28. The Labute approximate surface area is 120 Å². The van der Waals surface area contributed by atoms with Crippen LogP contribution in [0, 0.1) is 0 Å². The molecule has 0 aromatic carbocycles. The van der Waals surface area contributed by atoms with Gasteiger partial charge in [-0.05, 0) is 19.4 Å². The minimum absolute atomic E-state index is 0.464. The van der Waals surface area contributed by atoms with Crippen LogP contribution in [0.3, 0.4) is 0 Å². The van der Waals surface area contributed by atoms with Gasteiger partial charge in [0.2, 0.25) is 5.76 Å². The number of carbonyl (C=O) groups is 2. The molecule has 1 aliphatic heterocycles. The van der Waals surface area contributed by atoms with Gasteiger partial charge in [0.15, 0.2) is 11.9 Å². The highest BCUT2D eigenvalue weighted by Crippen LogP contribution is 2.20. The first kappa shape index (κ1) is 19.1. The maximum absolute atomic E-state index is 10.5. The van der Waals surface area contributed by atoms with Gasteiger partial charge in [0.1, 0.15) is 12.1 Å². The van der Waals surface area contributed by atoms with Crippen LogP contribution in [0.15, 0.2) is 11.5 Å². The van der Waals surface area contributed by atoms with Crippen molar-refractivity contribution < 1.29 is 39.9 Å². The molecule has 1 heterocycles. The van der Waals surface area contributed by atoms with Gasteiger partial charge in [-0.1, -0.05) is 0 Å². The van der Waals surface area contributed by atoms with Crippen molar-refractivity contribution in [2.45, 2.75) is 31.1 Å². The van der Waals surface area contributed by atoms with Crippen LogP contribution in [0.5, 0.6) is 0 Å². The van der Waals surface area contributed by atoms with Gasteiger partial charge < -0.3 is 41.7 Å². The first-order chi connectivity index (χ1) is 9.76. The third-order valence-electron chi connectivity index (χ3n) is 2.51. The summed E-state index contributed by atoms with van der Waals surface area (Å²) in [4.78, 5) is 20.6. The Morgan fingerprint density at radius 1 is 1.38 bits per heavy atom. The molecular formula is C11H20N2O8. The van der Waals surface area contributed by atoms with E-state index < -0.39 is 48.3 Å². The predicted molar refractivity (Wildman–Crippen MR) is 69.2 cm³/mol. The van der Waals surface area contributed by atoms with Crippen LogP contribution < -0.4 is 11.5 Å². The van der Waals surface area contributed by atoms with Crippen LogP contribution in [0.4, 0.5) is 0 Å². The molecule has 0 aromatic heterocycles. The molecule has 0 aliphatic carbocycles. The number of cyclic esters (lactones) is 1. The zero-order valence-electron chi connectivity index (χ0n) is 11.2. The van der Waals surface area contributed by atoms with Gasteiger partial charge in [0.25, 0.3) is 0 Å². The Kier molecular flexibility index (Phi) is 8.31. The Balaban J connectivity index is 0.000000400. The SMILES string of the molecule is NCCC[C@H](N)C(=O)O.O=C1O[C@H]([C@@H](O)CO)C(O)=C1O. The van der Waals surface area contributed by atoms with Crippen LogP contribution in [0.25, 0.3) is 0 Å². The maximum Gasteiger partial charge on any atom is 0.377 e. The van der Waals surface area contributed by atoms with Crippen LogP contribution >= 0.6 is 0 Å².